The predicted octanol–water partition coefficient (Wildman–Crippen LogP) is 3.43. The SMILES string of the molecule is [2H]CC([2H])([2H])C(=O)Nc1ccc(C(F)(F)F)cc1C#CC. The van der Waals surface area contributed by atoms with Gasteiger partial charge in [0.1, 0.15) is 0 Å². The molecule has 0 bridgehead atoms. The molecule has 5 heteroatoms. The molecule has 1 rings (SSSR count). The zero-order valence-corrected chi connectivity index (χ0v) is 9.48. The zero-order valence-electron chi connectivity index (χ0n) is 12.5. The molecule has 0 radical (unpaired) electrons. The van der Waals surface area contributed by atoms with E-state index in [4.69, 9.17) is 4.11 Å². The Hall–Kier alpha value is -1.96. The number of alkyl halides is 3. The van der Waals surface area contributed by atoms with Crippen molar-refractivity contribution < 1.29 is 22.1 Å². The highest BCUT2D eigenvalue weighted by atomic mass is 19.4. The Labute approximate surface area is 107 Å². The van der Waals surface area contributed by atoms with Gasteiger partial charge in [0.05, 0.1) is 11.3 Å². The molecule has 0 aliphatic heterocycles. The molecule has 1 aromatic rings. The molecule has 0 saturated carbocycles. The molecule has 96 valence electrons. The van der Waals surface area contributed by atoms with E-state index in [1.54, 1.807) is 0 Å². The van der Waals surface area contributed by atoms with E-state index in [1.807, 2.05) is 0 Å². The van der Waals surface area contributed by atoms with Gasteiger partial charge in [0.15, 0.2) is 0 Å². The number of carbonyl (C=O) groups is 1. The topological polar surface area (TPSA) is 29.1 Å². The molecular formula is C13H12F3NO. The Morgan fingerprint density at radius 1 is 1.56 bits per heavy atom. The van der Waals surface area contributed by atoms with E-state index in [2.05, 4.69) is 17.2 Å². The van der Waals surface area contributed by atoms with Crippen molar-refractivity contribution in [3.63, 3.8) is 0 Å². The van der Waals surface area contributed by atoms with Gasteiger partial charge < -0.3 is 5.32 Å². The van der Waals surface area contributed by atoms with Crippen LogP contribution in [0, 0.1) is 11.8 Å². The summed E-state index contributed by atoms with van der Waals surface area (Å²) in [4.78, 5) is 11.6. The molecular weight excluding hydrogens is 243 g/mol. The van der Waals surface area contributed by atoms with Gasteiger partial charge in [-0.05, 0) is 25.1 Å². The maximum absolute atomic E-state index is 12.6. The lowest BCUT2D eigenvalue weighted by molar-refractivity contribution is -0.137. The van der Waals surface area contributed by atoms with Crippen LogP contribution in [-0.4, -0.2) is 5.91 Å². The first kappa shape index (κ1) is 10.0. The van der Waals surface area contributed by atoms with Gasteiger partial charge in [-0.3, -0.25) is 4.79 Å². The average Bonchev–Trinajstić information content (AvgIpc) is 2.39. The van der Waals surface area contributed by atoms with E-state index < -0.39 is 30.9 Å². The fraction of sp³-hybridized carbons (Fsp3) is 0.308. The highest BCUT2D eigenvalue weighted by Crippen LogP contribution is 2.31. The molecule has 0 heterocycles. The minimum atomic E-state index is -4.54. The highest BCUT2D eigenvalue weighted by Gasteiger charge is 2.30. The molecule has 18 heavy (non-hydrogen) atoms. The Bertz CT molecular complexity index is 603. The predicted molar refractivity (Wildman–Crippen MR) is 62.9 cm³/mol. The number of rotatable bonds is 2. The molecule has 1 amide bonds. The van der Waals surface area contributed by atoms with Crippen LogP contribution in [-0.2, 0) is 11.0 Å². The molecule has 0 saturated heterocycles. The standard InChI is InChI=1S/C13H12F3NO/c1-3-5-9-8-10(13(14,15)16)6-7-11(9)17-12(18)4-2/h6-8H,4H2,1-2H3,(H,17,18)/i2D,4D2. The van der Waals surface area contributed by atoms with Crippen molar-refractivity contribution in [3.8, 4) is 11.8 Å². The first-order chi connectivity index (χ1) is 9.61. The van der Waals surface area contributed by atoms with Crippen LogP contribution in [0.3, 0.4) is 0 Å². The van der Waals surface area contributed by atoms with E-state index in [9.17, 15) is 18.0 Å². The summed E-state index contributed by atoms with van der Waals surface area (Å²) < 4.78 is 59.4. The van der Waals surface area contributed by atoms with Crippen LogP contribution in [0.25, 0.3) is 0 Å². The summed E-state index contributed by atoms with van der Waals surface area (Å²) in [6.07, 6.45) is -6.97. The molecule has 0 fully saturated rings. The lowest BCUT2D eigenvalue weighted by Crippen LogP contribution is -2.12. The van der Waals surface area contributed by atoms with Gasteiger partial charge in [0.25, 0.3) is 0 Å². The number of hydrogen-bond acceptors (Lipinski definition) is 1. The van der Waals surface area contributed by atoms with Gasteiger partial charge >= 0.3 is 6.18 Å². The largest absolute Gasteiger partial charge is 0.416 e. The molecule has 0 atom stereocenters. The average molecular weight is 258 g/mol. The first-order valence-electron chi connectivity index (χ1n) is 6.57. The molecule has 1 aromatic carbocycles. The van der Waals surface area contributed by atoms with E-state index >= 15 is 0 Å². The quantitative estimate of drug-likeness (QED) is 0.809. The lowest BCUT2D eigenvalue weighted by Gasteiger charge is -2.11. The van der Waals surface area contributed by atoms with Crippen LogP contribution in [0.5, 0.6) is 0 Å². The summed E-state index contributed by atoms with van der Waals surface area (Å²) in [7, 11) is 0. The number of halogens is 3. The fourth-order valence-electron chi connectivity index (χ4n) is 1.23. The van der Waals surface area contributed by atoms with Crippen molar-refractivity contribution in [3.05, 3.63) is 29.3 Å². The third-order valence-corrected chi connectivity index (χ3v) is 2.02. The number of hydrogen-bond donors (Lipinski definition) is 1. The van der Waals surface area contributed by atoms with Gasteiger partial charge in [-0.2, -0.15) is 13.2 Å². The van der Waals surface area contributed by atoms with E-state index in [1.165, 1.54) is 6.92 Å². The highest BCUT2D eigenvalue weighted by molar-refractivity contribution is 5.92. The van der Waals surface area contributed by atoms with Crippen LogP contribution >= 0.6 is 0 Å². The molecule has 0 aliphatic carbocycles. The number of amides is 1. The van der Waals surface area contributed by atoms with Gasteiger partial charge in [-0.1, -0.05) is 12.8 Å². The van der Waals surface area contributed by atoms with Crippen LogP contribution < -0.4 is 5.32 Å². The summed E-state index contributed by atoms with van der Waals surface area (Å²) in [5.74, 6) is 3.76. The molecule has 1 N–H and O–H groups in total. The third-order valence-electron chi connectivity index (χ3n) is 2.02. The van der Waals surface area contributed by atoms with E-state index in [0.29, 0.717) is 0 Å². The smallest absolute Gasteiger partial charge is 0.325 e. The van der Waals surface area contributed by atoms with Crippen molar-refractivity contribution in [1.29, 1.82) is 0 Å². The van der Waals surface area contributed by atoms with Crippen molar-refractivity contribution in [2.24, 2.45) is 0 Å². The summed E-state index contributed by atoms with van der Waals surface area (Å²) in [6, 6.07) is 2.57. The van der Waals surface area contributed by atoms with Crippen molar-refractivity contribution in [2.45, 2.75) is 26.4 Å². The van der Waals surface area contributed by atoms with Crippen LogP contribution in [0.1, 0.15) is 35.4 Å². The van der Waals surface area contributed by atoms with Gasteiger partial charge in [0.2, 0.25) is 5.91 Å². The molecule has 2 nitrogen and oxygen atoms in total. The number of anilines is 1. The first-order valence-corrected chi connectivity index (χ1v) is 4.86. The van der Waals surface area contributed by atoms with E-state index in [0.717, 1.165) is 18.2 Å². The van der Waals surface area contributed by atoms with Gasteiger partial charge in [-0.25, -0.2) is 0 Å². The summed E-state index contributed by atoms with van der Waals surface area (Å²) in [5.41, 5.74) is -1.01. The second-order valence-electron chi connectivity index (χ2n) is 3.26. The minimum absolute atomic E-state index is 0.0281. The fourth-order valence-corrected chi connectivity index (χ4v) is 1.23. The van der Waals surface area contributed by atoms with Crippen LogP contribution in [0.2, 0.25) is 0 Å². The zero-order chi connectivity index (χ0) is 16.3. The second-order valence-corrected chi connectivity index (χ2v) is 3.26. The van der Waals surface area contributed by atoms with Crippen molar-refractivity contribution in [2.75, 3.05) is 5.32 Å². The number of carbonyl (C=O) groups excluding carboxylic acids is 1. The Kier molecular flexibility index (Phi) is 3.11. The Morgan fingerprint density at radius 3 is 2.83 bits per heavy atom. The number of nitrogens with one attached hydrogen (secondary N) is 1. The van der Waals surface area contributed by atoms with Crippen LogP contribution in [0.15, 0.2) is 18.2 Å². The maximum Gasteiger partial charge on any atom is 0.416 e. The van der Waals surface area contributed by atoms with Gasteiger partial charge in [0, 0.05) is 16.0 Å². The maximum atomic E-state index is 12.6. The monoisotopic (exact) mass is 258 g/mol. The number of benzene rings is 1. The van der Waals surface area contributed by atoms with Crippen molar-refractivity contribution in [1.82, 2.24) is 0 Å². The third kappa shape index (κ3) is 3.52. The summed E-state index contributed by atoms with van der Waals surface area (Å²) in [5, 5.41) is 2.16. The van der Waals surface area contributed by atoms with Crippen LogP contribution in [0.4, 0.5) is 18.9 Å². The van der Waals surface area contributed by atoms with Crippen molar-refractivity contribution >= 4 is 11.6 Å². The normalized spacial score (nSPS) is 13.7. The molecule has 0 aliphatic rings. The minimum Gasteiger partial charge on any atom is -0.325 e. The Balaban J connectivity index is 3.19. The van der Waals surface area contributed by atoms with E-state index in [-0.39, 0.29) is 11.3 Å². The summed E-state index contributed by atoms with van der Waals surface area (Å²) >= 11 is 0. The second kappa shape index (κ2) is 5.58. The molecule has 0 spiro atoms. The molecule has 0 unspecified atom stereocenters. The summed E-state index contributed by atoms with van der Waals surface area (Å²) in [6.45, 7) is 0.628. The molecule has 0 aromatic heterocycles. The van der Waals surface area contributed by atoms with Gasteiger partial charge in [-0.15, -0.1) is 5.92 Å². The Morgan fingerprint density at radius 2 is 2.28 bits per heavy atom. The lowest BCUT2D eigenvalue weighted by atomic mass is 10.1.